The molecule has 0 aromatic carbocycles. The summed E-state index contributed by atoms with van der Waals surface area (Å²) in [5, 5.41) is 9.85. The second kappa shape index (κ2) is 4.23. The first-order valence-corrected chi connectivity index (χ1v) is 4.97. The molecule has 14 heavy (non-hydrogen) atoms. The SMILES string of the molecule is Brc1ccc(NCc2cn[nH]c2)cn1. The van der Waals surface area contributed by atoms with Crippen LogP contribution in [0.5, 0.6) is 0 Å². The molecule has 0 radical (unpaired) electrons. The Labute approximate surface area is 89.9 Å². The fourth-order valence-electron chi connectivity index (χ4n) is 1.06. The van der Waals surface area contributed by atoms with Gasteiger partial charge in [0.15, 0.2) is 0 Å². The fraction of sp³-hybridized carbons (Fsp3) is 0.111. The van der Waals surface area contributed by atoms with Crippen LogP contribution in [0.2, 0.25) is 0 Å². The van der Waals surface area contributed by atoms with E-state index in [1.807, 2.05) is 18.3 Å². The molecule has 5 heteroatoms. The molecular formula is C9H9BrN4. The summed E-state index contributed by atoms with van der Waals surface area (Å²) in [6.45, 7) is 0.750. The van der Waals surface area contributed by atoms with E-state index >= 15 is 0 Å². The molecule has 0 unspecified atom stereocenters. The van der Waals surface area contributed by atoms with Gasteiger partial charge in [0.2, 0.25) is 0 Å². The number of hydrogen-bond donors (Lipinski definition) is 2. The van der Waals surface area contributed by atoms with E-state index in [1.54, 1.807) is 12.4 Å². The van der Waals surface area contributed by atoms with E-state index in [0.29, 0.717) is 0 Å². The Morgan fingerprint density at radius 3 is 2.93 bits per heavy atom. The van der Waals surface area contributed by atoms with Crippen molar-refractivity contribution in [2.24, 2.45) is 0 Å². The molecule has 0 aliphatic carbocycles. The van der Waals surface area contributed by atoms with Crippen molar-refractivity contribution in [1.29, 1.82) is 0 Å². The molecule has 2 aromatic heterocycles. The molecule has 2 aromatic rings. The van der Waals surface area contributed by atoms with Gasteiger partial charge in [0.1, 0.15) is 4.60 Å². The van der Waals surface area contributed by atoms with Crippen molar-refractivity contribution >= 4 is 21.6 Å². The summed E-state index contributed by atoms with van der Waals surface area (Å²) in [4.78, 5) is 4.11. The molecule has 72 valence electrons. The predicted molar refractivity (Wildman–Crippen MR) is 57.9 cm³/mol. The topological polar surface area (TPSA) is 53.6 Å². The van der Waals surface area contributed by atoms with E-state index in [9.17, 15) is 0 Å². The Kier molecular flexibility index (Phi) is 2.78. The zero-order valence-corrected chi connectivity index (χ0v) is 8.95. The van der Waals surface area contributed by atoms with Crippen LogP contribution in [-0.4, -0.2) is 15.2 Å². The normalized spacial score (nSPS) is 10.1. The summed E-state index contributed by atoms with van der Waals surface area (Å²) in [6, 6.07) is 3.87. The van der Waals surface area contributed by atoms with Gasteiger partial charge >= 0.3 is 0 Å². The summed E-state index contributed by atoms with van der Waals surface area (Å²) < 4.78 is 0.839. The third-order valence-corrected chi connectivity index (χ3v) is 2.25. The second-order valence-corrected chi connectivity index (χ2v) is 3.64. The van der Waals surface area contributed by atoms with Gasteiger partial charge in [-0.1, -0.05) is 0 Å². The van der Waals surface area contributed by atoms with Crippen LogP contribution in [0, 0.1) is 0 Å². The quantitative estimate of drug-likeness (QED) is 0.824. The van der Waals surface area contributed by atoms with Crippen molar-refractivity contribution < 1.29 is 0 Å². The third kappa shape index (κ3) is 2.32. The highest BCUT2D eigenvalue weighted by molar-refractivity contribution is 9.10. The number of rotatable bonds is 3. The molecule has 0 aliphatic heterocycles. The number of pyridine rings is 1. The van der Waals surface area contributed by atoms with E-state index in [0.717, 1.165) is 22.4 Å². The molecule has 4 nitrogen and oxygen atoms in total. The first-order valence-electron chi connectivity index (χ1n) is 4.18. The molecule has 0 fully saturated rings. The van der Waals surface area contributed by atoms with Crippen LogP contribution in [0.15, 0.2) is 35.3 Å². The highest BCUT2D eigenvalue weighted by atomic mass is 79.9. The minimum absolute atomic E-state index is 0.750. The van der Waals surface area contributed by atoms with Gasteiger partial charge < -0.3 is 5.32 Å². The number of aromatic amines is 1. The van der Waals surface area contributed by atoms with Crippen LogP contribution in [0.1, 0.15) is 5.56 Å². The molecule has 0 amide bonds. The molecule has 0 saturated heterocycles. The number of hydrogen-bond acceptors (Lipinski definition) is 3. The van der Waals surface area contributed by atoms with Crippen LogP contribution in [0.25, 0.3) is 0 Å². The van der Waals surface area contributed by atoms with Gasteiger partial charge in [-0.2, -0.15) is 5.10 Å². The number of anilines is 1. The molecule has 0 bridgehead atoms. The summed E-state index contributed by atoms with van der Waals surface area (Å²) in [7, 11) is 0. The predicted octanol–water partition coefficient (Wildman–Crippen LogP) is 2.18. The molecule has 0 spiro atoms. The molecule has 2 N–H and O–H groups in total. The summed E-state index contributed by atoms with van der Waals surface area (Å²) in [5.74, 6) is 0. The van der Waals surface area contributed by atoms with Crippen LogP contribution < -0.4 is 5.32 Å². The number of nitrogens with one attached hydrogen (secondary N) is 2. The van der Waals surface area contributed by atoms with Gasteiger partial charge in [-0.3, -0.25) is 5.10 Å². The molecule has 2 heterocycles. The summed E-state index contributed by atoms with van der Waals surface area (Å²) in [6.07, 6.45) is 5.43. The smallest absolute Gasteiger partial charge is 0.106 e. The molecular weight excluding hydrogens is 244 g/mol. The fourth-order valence-corrected chi connectivity index (χ4v) is 1.29. The summed E-state index contributed by atoms with van der Waals surface area (Å²) in [5.41, 5.74) is 2.11. The van der Waals surface area contributed by atoms with Crippen LogP contribution in [0.3, 0.4) is 0 Å². The van der Waals surface area contributed by atoms with E-state index in [4.69, 9.17) is 0 Å². The number of aromatic nitrogens is 3. The van der Waals surface area contributed by atoms with Crippen molar-refractivity contribution in [3.63, 3.8) is 0 Å². The van der Waals surface area contributed by atoms with E-state index in [1.165, 1.54) is 0 Å². The Bertz CT molecular complexity index is 382. The van der Waals surface area contributed by atoms with E-state index < -0.39 is 0 Å². The highest BCUT2D eigenvalue weighted by Gasteiger charge is 1.95. The van der Waals surface area contributed by atoms with Crippen LogP contribution in [0.4, 0.5) is 5.69 Å². The Hall–Kier alpha value is -1.36. The van der Waals surface area contributed by atoms with E-state index in [-0.39, 0.29) is 0 Å². The number of nitrogens with zero attached hydrogens (tertiary/aromatic N) is 2. The average molecular weight is 253 g/mol. The largest absolute Gasteiger partial charge is 0.380 e. The van der Waals surface area contributed by atoms with Crippen molar-refractivity contribution in [3.05, 3.63) is 40.9 Å². The van der Waals surface area contributed by atoms with Crippen molar-refractivity contribution in [1.82, 2.24) is 15.2 Å². The zero-order chi connectivity index (χ0) is 9.80. The van der Waals surface area contributed by atoms with Gasteiger partial charge in [0.25, 0.3) is 0 Å². The minimum Gasteiger partial charge on any atom is -0.380 e. The van der Waals surface area contributed by atoms with Gasteiger partial charge in [-0.15, -0.1) is 0 Å². The maximum atomic E-state index is 4.11. The monoisotopic (exact) mass is 252 g/mol. The van der Waals surface area contributed by atoms with Gasteiger partial charge in [0, 0.05) is 18.3 Å². The third-order valence-electron chi connectivity index (χ3n) is 1.78. The zero-order valence-electron chi connectivity index (χ0n) is 7.37. The Morgan fingerprint density at radius 1 is 1.36 bits per heavy atom. The van der Waals surface area contributed by atoms with Crippen molar-refractivity contribution in [2.45, 2.75) is 6.54 Å². The van der Waals surface area contributed by atoms with Crippen LogP contribution in [-0.2, 0) is 6.54 Å². The van der Waals surface area contributed by atoms with E-state index in [2.05, 4.69) is 36.4 Å². The van der Waals surface area contributed by atoms with Gasteiger partial charge in [0.05, 0.1) is 18.1 Å². The highest BCUT2D eigenvalue weighted by Crippen LogP contribution is 2.11. The first-order chi connectivity index (χ1) is 6.84. The standard InChI is InChI=1S/C9H9BrN4/c10-9-2-1-8(6-12-9)11-3-7-4-13-14-5-7/h1-2,4-6,11H,3H2,(H,13,14). The van der Waals surface area contributed by atoms with Crippen molar-refractivity contribution in [3.8, 4) is 0 Å². The lowest BCUT2D eigenvalue weighted by atomic mass is 10.3. The molecule has 0 atom stereocenters. The van der Waals surface area contributed by atoms with Gasteiger partial charge in [-0.05, 0) is 28.1 Å². The lowest BCUT2D eigenvalue weighted by molar-refractivity contribution is 1.09. The maximum Gasteiger partial charge on any atom is 0.106 e. The van der Waals surface area contributed by atoms with Gasteiger partial charge in [-0.25, -0.2) is 4.98 Å². The number of halogens is 1. The molecule has 2 rings (SSSR count). The summed E-state index contributed by atoms with van der Waals surface area (Å²) >= 11 is 3.28. The Morgan fingerprint density at radius 2 is 2.29 bits per heavy atom. The number of H-pyrrole nitrogens is 1. The lowest BCUT2D eigenvalue weighted by Crippen LogP contribution is -1.98. The Balaban J connectivity index is 1.95. The average Bonchev–Trinajstić information content (AvgIpc) is 2.70. The second-order valence-electron chi connectivity index (χ2n) is 2.83. The first kappa shape index (κ1) is 9.21. The van der Waals surface area contributed by atoms with Crippen molar-refractivity contribution in [2.75, 3.05) is 5.32 Å². The molecule has 0 aliphatic rings. The maximum absolute atomic E-state index is 4.11. The molecule has 0 saturated carbocycles. The lowest BCUT2D eigenvalue weighted by Gasteiger charge is -2.03. The van der Waals surface area contributed by atoms with Crippen LogP contribution >= 0.6 is 15.9 Å². The minimum atomic E-state index is 0.750.